The van der Waals surface area contributed by atoms with E-state index in [1.165, 1.54) is 13.5 Å². The normalized spacial score (nSPS) is 35.6. The van der Waals surface area contributed by atoms with E-state index in [2.05, 4.69) is 13.8 Å². The number of esters is 2. The number of rotatable bonds is 10. The molecular weight excluding hydrogens is 406 g/mol. The first-order valence-electron chi connectivity index (χ1n) is 12.3. The Bertz CT molecular complexity index is 774. The van der Waals surface area contributed by atoms with Crippen LogP contribution < -0.4 is 0 Å². The van der Waals surface area contributed by atoms with Crippen LogP contribution in [0.5, 0.6) is 0 Å². The number of ether oxygens (including phenoxy) is 2. The minimum absolute atomic E-state index is 0.0571. The molecule has 1 unspecified atom stereocenters. The predicted octanol–water partition coefficient (Wildman–Crippen LogP) is 4.17. The van der Waals surface area contributed by atoms with Crippen LogP contribution >= 0.6 is 0 Å². The summed E-state index contributed by atoms with van der Waals surface area (Å²) in [6.07, 6.45) is 8.31. The fraction of sp³-hybridized carbons (Fsp3) is 0.808. The molecule has 0 aromatic rings. The van der Waals surface area contributed by atoms with Gasteiger partial charge in [0.25, 0.3) is 0 Å². The van der Waals surface area contributed by atoms with Gasteiger partial charge in [0.2, 0.25) is 0 Å². The summed E-state index contributed by atoms with van der Waals surface area (Å²) < 4.78 is 11.3. The minimum Gasteiger partial charge on any atom is -0.468 e. The highest BCUT2D eigenvalue weighted by Crippen LogP contribution is 2.67. The Balaban J connectivity index is 1.86. The van der Waals surface area contributed by atoms with Crippen molar-refractivity contribution in [1.82, 2.24) is 4.90 Å². The Kier molecular flexibility index (Phi) is 7.53. The van der Waals surface area contributed by atoms with Crippen LogP contribution in [0.2, 0.25) is 0 Å². The summed E-state index contributed by atoms with van der Waals surface area (Å²) in [5.74, 6) is -0.444. The molecule has 0 aromatic heterocycles. The SMILES string of the molecule is CCCCCCCC(=O)O[C@@H]1[C@@H]2[C@@H](CC3=CC(=O)C(CN(C)C)[C@]32C)C[C@@]1(C)C(=O)OC. The Morgan fingerprint density at radius 2 is 1.84 bits per heavy atom. The molecule has 6 heteroatoms. The van der Waals surface area contributed by atoms with Gasteiger partial charge in [-0.1, -0.05) is 45.1 Å². The lowest BCUT2D eigenvalue weighted by Crippen LogP contribution is -2.49. The fourth-order valence-electron chi connectivity index (χ4n) is 6.74. The van der Waals surface area contributed by atoms with Gasteiger partial charge in [-0.2, -0.15) is 0 Å². The van der Waals surface area contributed by atoms with Gasteiger partial charge in [0, 0.05) is 30.2 Å². The number of ketones is 1. The Morgan fingerprint density at radius 3 is 2.47 bits per heavy atom. The highest BCUT2D eigenvalue weighted by atomic mass is 16.6. The van der Waals surface area contributed by atoms with Gasteiger partial charge in [0.1, 0.15) is 11.5 Å². The molecule has 0 bridgehead atoms. The molecule has 0 N–H and O–H groups in total. The van der Waals surface area contributed by atoms with Crippen molar-refractivity contribution in [3.8, 4) is 0 Å². The number of carbonyl (C=O) groups excluding carboxylic acids is 3. The van der Waals surface area contributed by atoms with Crippen molar-refractivity contribution in [1.29, 1.82) is 0 Å². The van der Waals surface area contributed by atoms with Gasteiger partial charge in [-0.3, -0.25) is 14.4 Å². The minimum atomic E-state index is -0.884. The third-order valence-electron chi connectivity index (χ3n) is 8.34. The van der Waals surface area contributed by atoms with Crippen molar-refractivity contribution in [3.63, 3.8) is 0 Å². The molecule has 3 rings (SSSR count). The quantitative estimate of drug-likeness (QED) is 0.370. The molecule has 0 radical (unpaired) electrons. The Hall–Kier alpha value is -1.69. The number of methoxy groups -OCH3 is 1. The summed E-state index contributed by atoms with van der Waals surface area (Å²) in [7, 11) is 5.35. The molecule has 2 saturated carbocycles. The fourth-order valence-corrected chi connectivity index (χ4v) is 6.74. The van der Waals surface area contributed by atoms with Crippen LogP contribution in [0.15, 0.2) is 11.6 Å². The van der Waals surface area contributed by atoms with E-state index in [1.807, 2.05) is 32.0 Å². The van der Waals surface area contributed by atoms with E-state index in [9.17, 15) is 14.4 Å². The lowest BCUT2D eigenvalue weighted by Gasteiger charge is -2.41. The summed E-state index contributed by atoms with van der Waals surface area (Å²) in [4.78, 5) is 40.8. The maximum absolute atomic E-state index is 12.9. The molecule has 32 heavy (non-hydrogen) atoms. The van der Waals surface area contributed by atoms with Crippen LogP contribution in [-0.4, -0.2) is 56.5 Å². The molecule has 3 aliphatic carbocycles. The standard InChI is InChI=1S/C26H41NO5/c1-7-8-9-10-11-12-21(29)32-23-22-17(15-25(23,2)24(30)31-6)13-18-14-20(28)19(16-27(4)5)26(18,22)3/h14,17,19,22-23H,7-13,15-16H2,1-6H3/t17-,19?,22-,23+,25+,26-/m0/s1. The molecule has 0 aliphatic heterocycles. The van der Waals surface area contributed by atoms with E-state index in [0.29, 0.717) is 19.4 Å². The number of carbonyl (C=O) groups is 3. The van der Waals surface area contributed by atoms with Gasteiger partial charge < -0.3 is 14.4 Å². The topological polar surface area (TPSA) is 72.9 Å². The van der Waals surface area contributed by atoms with Crippen molar-refractivity contribution in [2.45, 2.75) is 78.2 Å². The molecule has 0 saturated heterocycles. The van der Waals surface area contributed by atoms with Crippen molar-refractivity contribution in [2.75, 3.05) is 27.7 Å². The molecule has 3 aliphatic rings. The Labute approximate surface area is 193 Å². The van der Waals surface area contributed by atoms with E-state index < -0.39 is 16.9 Å². The number of hydrogen-bond acceptors (Lipinski definition) is 6. The molecular formula is C26H41NO5. The second kappa shape index (κ2) is 9.66. The van der Waals surface area contributed by atoms with E-state index in [-0.39, 0.29) is 35.5 Å². The third kappa shape index (κ3) is 4.27. The molecule has 180 valence electrons. The molecule has 0 aromatic carbocycles. The molecule has 2 fully saturated rings. The first-order chi connectivity index (χ1) is 15.1. The van der Waals surface area contributed by atoms with Crippen LogP contribution in [0, 0.1) is 28.6 Å². The molecule has 6 nitrogen and oxygen atoms in total. The maximum atomic E-state index is 12.9. The summed E-state index contributed by atoms with van der Waals surface area (Å²) in [5.41, 5.74) is -0.119. The highest BCUT2D eigenvalue weighted by Gasteiger charge is 2.69. The zero-order valence-electron chi connectivity index (χ0n) is 20.7. The number of allylic oxidation sites excluding steroid dienone is 2. The zero-order valence-corrected chi connectivity index (χ0v) is 20.7. The van der Waals surface area contributed by atoms with Gasteiger partial charge in [0.15, 0.2) is 5.78 Å². The summed E-state index contributed by atoms with van der Waals surface area (Å²) in [6, 6.07) is 0. The molecule has 0 spiro atoms. The van der Waals surface area contributed by atoms with Gasteiger partial charge in [-0.15, -0.1) is 0 Å². The van der Waals surface area contributed by atoms with E-state index >= 15 is 0 Å². The molecule has 0 amide bonds. The smallest absolute Gasteiger partial charge is 0.315 e. The van der Waals surface area contributed by atoms with Crippen LogP contribution in [0.4, 0.5) is 0 Å². The van der Waals surface area contributed by atoms with E-state index in [4.69, 9.17) is 9.47 Å². The second-order valence-electron chi connectivity index (χ2n) is 10.8. The summed E-state index contributed by atoms with van der Waals surface area (Å²) in [5, 5.41) is 0. The van der Waals surface area contributed by atoms with Crippen molar-refractivity contribution < 1.29 is 23.9 Å². The Morgan fingerprint density at radius 1 is 1.16 bits per heavy atom. The van der Waals surface area contributed by atoms with Crippen molar-refractivity contribution in [2.24, 2.45) is 28.6 Å². The predicted molar refractivity (Wildman–Crippen MR) is 123 cm³/mol. The first kappa shape index (κ1) is 24.9. The first-order valence-corrected chi connectivity index (χ1v) is 12.3. The molecule has 0 heterocycles. The van der Waals surface area contributed by atoms with Crippen molar-refractivity contribution in [3.05, 3.63) is 11.6 Å². The average molecular weight is 448 g/mol. The summed E-state index contributed by atoms with van der Waals surface area (Å²) in [6.45, 7) is 6.84. The second-order valence-corrected chi connectivity index (χ2v) is 10.8. The summed E-state index contributed by atoms with van der Waals surface area (Å²) >= 11 is 0. The number of hydrogen-bond donors (Lipinski definition) is 0. The number of nitrogens with zero attached hydrogens (tertiary/aromatic N) is 1. The van der Waals surface area contributed by atoms with E-state index in [0.717, 1.165) is 37.7 Å². The average Bonchev–Trinajstić information content (AvgIpc) is 3.25. The van der Waals surface area contributed by atoms with Crippen LogP contribution in [-0.2, 0) is 23.9 Å². The van der Waals surface area contributed by atoms with E-state index in [1.54, 1.807) is 0 Å². The molecule has 6 atom stereocenters. The largest absolute Gasteiger partial charge is 0.468 e. The number of fused-ring (bicyclic) bond motifs is 3. The zero-order chi connectivity index (χ0) is 23.7. The van der Waals surface area contributed by atoms with Crippen LogP contribution in [0.3, 0.4) is 0 Å². The third-order valence-corrected chi connectivity index (χ3v) is 8.34. The van der Waals surface area contributed by atoms with Gasteiger partial charge in [0.05, 0.1) is 7.11 Å². The monoisotopic (exact) mass is 447 g/mol. The van der Waals surface area contributed by atoms with Gasteiger partial charge in [-0.25, -0.2) is 0 Å². The van der Waals surface area contributed by atoms with Gasteiger partial charge >= 0.3 is 11.9 Å². The van der Waals surface area contributed by atoms with Crippen LogP contribution in [0.1, 0.15) is 72.1 Å². The van der Waals surface area contributed by atoms with Crippen molar-refractivity contribution >= 4 is 17.7 Å². The maximum Gasteiger partial charge on any atom is 0.315 e. The lowest BCUT2D eigenvalue weighted by molar-refractivity contribution is -0.172. The van der Waals surface area contributed by atoms with Crippen LogP contribution in [0.25, 0.3) is 0 Å². The lowest BCUT2D eigenvalue weighted by atomic mass is 9.66. The highest BCUT2D eigenvalue weighted by molar-refractivity contribution is 5.97. The van der Waals surface area contributed by atoms with Gasteiger partial charge in [-0.05, 0) is 52.3 Å². The number of unbranched alkanes of at least 4 members (excludes halogenated alkanes) is 4.